The predicted molar refractivity (Wildman–Crippen MR) is 112 cm³/mol. The lowest BCUT2D eigenvalue weighted by Gasteiger charge is -2.08. The third-order valence-electron chi connectivity index (χ3n) is 4.92. The van der Waals surface area contributed by atoms with E-state index in [1.165, 1.54) is 82.8 Å². The Morgan fingerprint density at radius 1 is 0.679 bits per heavy atom. The van der Waals surface area contributed by atoms with Crippen molar-refractivity contribution in [1.29, 1.82) is 0 Å². The van der Waals surface area contributed by atoms with Crippen LogP contribution in [0.4, 0.5) is 0 Å². The topological polar surface area (TPSA) is 83.8 Å². The average Bonchev–Trinajstić information content (AvgIpc) is 2.68. The smallest absolute Gasteiger partial charge is 0.335 e. The van der Waals surface area contributed by atoms with Crippen LogP contribution in [-0.4, -0.2) is 28.8 Å². The van der Waals surface area contributed by atoms with Crippen LogP contribution in [0, 0.1) is 0 Å². The highest BCUT2D eigenvalue weighted by atomic mass is 16.5. The van der Waals surface area contributed by atoms with E-state index in [4.69, 9.17) is 14.9 Å². The van der Waals surface area contributed by atoms with Crippen LogP contribution < -0.4 is 4.74 Å². The molecule has 2 N–H and O–H groups in total. The van der Waals surface area contributed by atoms with Crippen molar-refractivity contribution in [2.75, 3.05) is 6.61 Å². The molecule has 0 saturated heterocycles. The first kappa shape index (κ1) is 24.0. The Hall–Kier alpha value is -2.04. The third kappa shape index (κ3) is 11.0. The van der Waals surface area contributed by atoms with Gasteiger partial charge in [-0.2, -0.15) is 0 Å². The fourth-order valence-electron chi connectivity index (χ4n) is 3.24. The van der Waals surface area contributed by atoms with Crippen molar-refractivity contribution >= 4 is 11.9 Å². The Morgan fingerprint density at radius 2 is 1.07 bits per heavy atom. The van der Waals surface area contributed by atoms with Gasteiger partial charge in [0.25, 0.3) is 0 Å². The van der Waals surface area contributed by atoms with Gasteiger partial charge in [-0.3, -0.25) is 0 Å². The number of hydrogen-bond donors (Lipinski definition) is 2. The lowest BCUT2D eigenvalue weighted by molar-refractivity contribution is 0.0696. The molecule has 1 rings (SSSR count). The normalized spacial score (nSPS) is 10.8. The first-order valence-electron chi connectivity index (χ1n) is 10.8. The third-order valence-corrected chi connectivity index (χ3v) is 4.92. The van der Waals surface area contributed by atoms with Crippen LogP contribution >= 0.6 is 0 Å². The fourth-order valence-corrected chi connectivity index (χ4v) is 3.24. The van der Waals surface area contributed by atoms with Crippen molar-refractivity contribution in [2.45, 2.75) is 90.4 Å². The number of carboxylic acids is 2. The van der Waals surface area contributed by atoms with Gasteiger partial charge in [0.05, 0.1) is 17.7 Å². The molecule has 0 aliphatic heterocycles. The molecule has 0 atom stereocenters. The molecule has 28 heavy (non-hydrogen) atoms. The molecule has 1 aromatic carbocycles. The minimum Gasteiger partial charge on any atom is -0.494 e. The average molecular weight is 393 g/mol. The van der Waals surface area contributed by atoms with Gasteiger partial charge in [0, 0.05) is 0 Å². The lowest BCUT2D eigenvalue weighted by Crippen LogP contribution is -2.05. The number of unbranched alkanes of at least 4 members (excludes halogenated alkanes) is 12. The summed E-state index contributed by atoms with van der Waals surface area (Å²) < 4.78 is 5.56. The Balaban J connectivity index is 2.07. The van der Waals surface area contributed by atoms with Gasteiger partial charge < -0.3 is 14.9 Å². The molecule has 0 radical (unpaired) electrons. The summed E-state index contributed by atoms with van der Waals surface area (Å²) in [5.74, 6) is -2.01. The van der Waals surface area contributed by atoms with Crippen molar-refractivity contribution in [3.63, 3.8) is 0 Å². The van der Waals surface area contributed by atoms with Crippen molar-refractivity contribution in [3.05, 3.63) is 29.3 Å². The first-order valence-corrected chi connectivity index (χ1v) is 10.8. The van der Waals surface area contributed by atoms with Gasteiger partial charge in [-0.05, 0) is 24.6 Å². The van der Waals surface area contributed by atoms with E-state index in [9.17, 15) is 9.59 Å². The molecular weight excluding hydrogens is 356 g/mol. The van der Waals surface area contributed by atoms with Gasteiger partial charge in [0.1, 0.15) is 5.75 Å². The Kier molecular flexibility index (Phi) is 12.8. The van der Waals surface area contributed by atoms with Crippen LogP contribution in [0.1, 0.15) is 111 Å². The summed E-state index contributed by atoms with van der Waals surface area (Å²) in [5.41, 5.74) is -0.138. The van der Waals surface area contributed by atoms with Gasteiger partial charge in [-0.15, -0.1) is 0 Å². The van der Waals surface area contributed by atoms with Crippen molar-refractivity contribution in [2.24, 2.45) is 0 Å². The number of carboxylic acid groups (broad SMARTS) is 2. The zero-order valence-electron chi connectivity index (χ0n) is 17.3. The molecule has 0 aliphatic carbocycles. The van der Waals surface area contributed by atoms with Crippen molar-refractivity contribution in [3.8, 4) is 5.75 Å². The monoisotopic (exact) mass is 392 g/mol. The molecule has 5 heteroatoms. The van der Waals surface area contributed by atoms with Crippen molar-refractivity contribution < 1.29 is 24.5 Å². The fraction of sp³-hybridized carbons (Fsp3) is 0.652. The maximum atomic E-state index is 11.1. The maximum Gasteiger partial charge on any atom is 0.335 e. The molecular formula is C23H36O5. The van der Waals surface area contributed by atoms with Gasteiger partial charge in [-0.25, -0.2) is 9.59 Å². The second kappa shape index (κ2) is 14.9. The number of aromatic carboxylic acids is 2. The van der Waals surface area contributed by atoms with E-state index in [1.807, 2.05) is 0 Å². The Labute approximate surface area is 169 Å². The SMILES string of the molecule is CCCCCCCCCCCCCCCOc1cc(C(=O)O)cc(C(=O)O)c1. The van der Waals surface area contributed by atoms with Crippen LogP contribution in [0.3, 0.4) is 0 Å². The quantitative estimate of drug-likeness (QED) is 0.294. The largest absolute Gasteiger partial charge is 0.494 e. The molecule has 1 aromatic rings. The second-order valence-corrected chi connectivity index (χ2v) is 7.45. The highest BCUT2D eigenvalue weighted by Crippen LogP contribution is 2.19. The molecule has 0 aliphatic rings. The molecule has 0 bridgehead atoms. The summed E-state index contributed by atoms with van der Waals surface area (Å²) in [6, 6.07) is 3.89. The van der Waals surface area contributed by atoms with Gasteiger partial charge in [-0.1, -0.05) is 84.0 Å². The number of benzene rings is 1. The molecule has 158 valence electrons. The van der Waals surface area contributed by atoms with Crippen LogP contribution in [0.15, 0.2) is 18.2 Å². The molecule has 0 saturated carbocycles. The summed E-state index contributed by atoms with van der Waals surface area (Å²) in [4.78, 5) is 22.2. The minimum atomic E-state index is -1.16. The Morgan fingerprint density at radius 3 is 1.46 bits per heavy atom. The molecule has 0 unspecified atom stereocenters. The van der Waals surface area contributed by atoms with Gasteiger partial charge in [0.2, 0.25) is 0 Å². The van der Waals surface area contributed by atoms with Gasteiger partial charge >= 0.3 is 11.9 Å². The predicted octanol–water partition coefficient (Wildman–Crippen LogP) is 6.55. The van der Waals surface area contributed by atoms with E-state index < -0.39 is 11.9 Å². The molecule has 0 spiro atoms. The highest BCUT2D eigenvalue weighted by molar-refractivity contribution is 5.94. The second-order valence-electron chi connectivity index (χ2n) is 7.45. The zero-order chi connectivity index (χ0) is 20.6. The number of carbonyl (C=O) groups is 2. The van der Waals surface area contributed by atoms with Crippen LogP contribution in [0.25, 0.3) is 0 Å². The molecule has 0 heterocycles. The van der Waals surface area contributed by atoms with Crippen LogP contribution in [-0.2, 0) is 0 Å². The van der Waals surface area contributed by atoms with E-state index in [1.54, 1.807) is 0 Å². The summed E-state index contributed by atoms with van der Waals surface area (Å²) in [6.45, 7) is 2.72. The highest BCUT2D eigenvalue weighted by Gasteiger charge is 2.12. The zero-order valence-corrected chi connectivity index (χ0v) is 17.3. The molecule has 0 fully saturated rings. The van der Waals surface area contributed by atoms with Crippen LogP contribution in [0.2, 0.25) is 0 Å². The summed E-state index contributed by atoms with van der Waals surface area (Å²) in [7, 11) is 0. The summed E-state index contributed by atoms with van der Waals surface area (Å²) in [6.07, 6.45) is 16.5. The van der Waals surface area contributed by atoms with E-state index in [0.29, 0.717) is 12.4 Å². The lowest BCUT2D eigenvalue weighted by atomic mass is 10.0. The maximum absolute atomic E-state index is 11.1. The minimum absolute atomic E-state index is 0.0692. The molecule has 0 amide bonds. The summed E-state index contributed by atoms with van der Waals surface area (Å²) in [5, 5.41) is 18.1. The van der Waals surface area contributed by atoms with E-state index >= 15 is 0 Å². The van der Waals surface area contributed by atoms with Crippen molar-refractivity contribution in [1.82, 2.24) is 0 Å². The molecule has 5 nitrogen and oxygen atoms in total. The summed E-state index contributed by atoms with van der Waals surface area (Å²) >= 11 is 0. The van der Waals surface area contributed by atoms with E-state index in [0.717, 1.165) is 18.9 Å². The van der Waals surface area contributed by atoms with Gasteiger partial charge in [0.15, 0.2) is 0 Å². The Bertz CT molecular complexity index is 550. The molecule has 0 aromatic heterocycles. The van der Waals surface area contributed by atoms with E-state index in [-0.39, 0.29) is 11.1 Å². The standard InChI is InChI=1S/C23H36O5/c1-2-3-4-5-6-7-8-9-10-11-12-13-14-15-28-21-17-19(22(24)25)16-20(18-21)23(26)27/h16-18H,2-15H2,1H3,(H,24,25)(H,26,27). The van der Waals surface area contributed by atoms with E-state index in [2.05, 4.69) is 6.92 Å². The number of rotatable bonds is 17. The first-order chi connectivity index (χ1) is 13.5. The number of hydrogen-bond acceptors (Lipinski definition) is 3. The van der Waals surface area contributed by atoms with Crippen LogP contribution in [0.5, 0.6) is 5.75 Å². The number of ether oxygens (including phenoxy) is 1.